The summed E-state index contributed by atoms with van der Waals surface area (Å²) in [5.74, 6) is 0.198. The van der Waals surface area contributed by atoms with Gasteiger partial charge in [0.2, 0.25) is 0 Å². The smallest absolute Gasteiger partial charge is 0.184 e. The minimum absolute atomic E-state index is 0.0323. The Bertz CT molecular complexity index is 825. The Labute approximate surface area is 140 Å². The molecule has 0 aliphatic carbocycles. The van der Waals surface area contributed by atoms with E-state index in [0.717, 1.165) is 0 Å². The van der Waals surface area contributed by atoms with Crippen LogP contribution in [0.15, 0.2) is 53.4 Å². The molecule has 0 aliphatic rings. The standard InChI is InChI=1S/C17H17NO5S/c1-22-16-4-2-3-5-17(16)24(20,21)12-14(19)11-23-15-8-6-13(10-18)7-9-15/h2-9,14,19H,11-12H2,1H3. The molecule has 0 bridgehead atoms. The van der Waals surface area contributed by atoms with Gasteiger partial charge in [0, 0.05) is 0 Å². The number of aliphatic hydroxyl groups is 1. The normalized spacial score (nSPS) is 12.2. The first-order valence-corrected chi connectivity index (χ1v) is 8.78. The summed E-state index contributed by atoms with van der Waals surface area (Å²) in [5.41, 5.74) is 0.488. The van der Waals surface area contributed by atoms with Crippen molar-refractivity contribution in [1.82, 2.24) is 0 Å². The van der Waals surface area contributed by atoms with Crippen LogP contribution in [-0.4, -0.2) is 39.1 Å². The van der Waals surface area contributed by atoms with Crippen LogP contribution in [0.5, 0.6) is 11.5 Å². The highest BCUT2D eigenvalue weighted by Crippen LogP contribution is 2.24. The van der Waals surface area contributed by atoms with Crippen LogP contribution < -0.4 is 9.47 Å². The number of benzene rings is 2. The summed E-state index contributed by atoms with van der Waals surface area (Å²) in [6, 6.07) is 14.5. The van der Waals surface area contributed by atoms with Gasteiger partial charge < -0.3 is 14.6 Å². The van der Waals surface area contributed by atoms with Crippen LogP contribution in [0.3, 0.4) is 0 Å². The molecule has 1 unspecified atom stereocenters. The van der Waals surface area contributed by atoms with Crippen molar-refractivity contribution in [3.8, 4) is 17.6 Å². The van der Waals surface area contributed by atoms with Crippen LogP contribution >= 0.6 is 0 Å². The van der Waals surface area contributed by atoms with E-state index in [0.29, 0.717) is 11.3 Å². The van der Waals surface area contributed by atoms with E-state index < -0.39 is 21.7 Å². The predicted molar refractivity (Wildman–Crippen MR) is 87.7 cm³/mol. The average Bonchev–Trinajstić information content (AvgIpc) is 2.60. The van der Waals surface area contributed by atoms with Crippen molar-refractivity contribution in [3.05, 3.63) is 54.1 Å². The zero-order valence-corrected chi connectivity index (χ0v) is 13.9. The molecule has 0 aromatic heterocycles. The summed E-state index contributed by atoms with van der Waals surface area (Å²) in [5, 5.41) is 18.7. The first-order chi connectivity index (χ1) is 11.5. The molecule has 2 rings (SSSR count). The first kappa shape index (κ1) is 17.8. The van der Waals surface area contributed by atoms with Gasteiger partial charge >= 0.3 is 0 Å². The molecule has 7 heteroatoms. The van der Waals surface area contributed by atoms with E-state index in [4.69, 9.17) is 14.7 Å². The van der Waals surface area contributed by atoms with E-state index in [9.17, 15) is 13.5 Å². The number of ether oxygens (including phenoxy) is 2. The van der Waals surface area contributed by atoms with Gasteiger partial charge in [0.25, 0.3) is 0 Å². The van der Waals surface area contributed by atoms with Crippen LogP contribution in [0.1, 0.15) is 5.56 Å². The SMILES string of the molecule is COc1ccccc1S(=O)(=O)CC(O)COc1ccc(C#N)cc1. The summed E-state index contributed by atoms with van der Waals surface area (Å²) in [6.45, 7) is -0.180. The minimum atomic E-state index is -3.72. The van der Waals surface area contributed by atoms with E-state index in [1.165, 1.54) is 13.2 Å². The molecule has 2 aromatic rings. The van der Waals surface area contributed by atoms with Gasteiger partial charge in [-0.15, -0.1) is 0 Å². The van der Waals surface area contributed by atoms with Crippen molar-refractivity contribution in [1.29, 1.82) is 5.26 Å². The molecule has 0 fully saturated rings. The lowest BCUT2D eigenvalue weighted by Crippen LogP contribution is -2.27. The molecule has 0 saturated carbocycles. The zero-order valence-electron chi connectivity index (χ0n) is 13.0. The van der Waals surface area contributed by atoms with Gasteiger partial charge in [-0.05, 0) is 36.4 Å². The van der Waals surface area contributed by atoms with Crippen molar-refractivity contribution >= 4 is 9.84 Å². The number of hydrogen-bond donors (Lipinski definition) is 1. The number of para-hydroxylation sites is 1. The van der Waals surface area contributed by atoms with E-state index >= 15 is 0 Å². The Morgan fingerprint density at radius 2 is 1.83 bits per heavy atom. The van der Waals surface area contributed by atoms with Gasteiger partial charge in [0.1, 0.15) is 29.1 Å². The summed E-state index contributed by atoms with van der Waals surface area (Å²) >= 11 is 0. The summed E-state index contributed by atoms with van der Waals surface area (Å²) in [7, 11) is -2.33. The summed E-state index contributed by atoms with van der Waals surface area (Å²) < 4.78 is 35.2. The zero-order chi connectivity index (χ0) is 17.6. The minimum Gasteiger partial charge on any atom is -0.495 e. The van der Waals surface area contributed by atoms with Crippen molar-refractivity contribution < 1.29 is 23.0 Å². The van der Waals surface area contributed by atoms with Crippen molar-refractivity contribution in [2.24, 2.45) is 0 Å². The lowest BCUT2D eigenvalue weighted by molar-refractivity contribution is 0.125. The highest BCUT2D eigenvalue weighted by atomic mass is 32.2. The molecule has 0 radical (unpaired) electrons. The Kier molecular flexibility index (Phi) is 5.79. The molecule has 1 atom stereocenters. The third-order valence-corrected chi connectivity index (χ3v) is 5.07. The molecular formula is C17H17NO5S. The lowest BCUT2D eigenvalue weighted by atomic mass is 10.2. The fraction of sp³-hybridized carbons (Fsp3) is 0.235. The molecular weight excluding hydrogens is 330 g/mol. The van der Waals surface area contributed by atoms with E-state index in [1.54, 1.807) is 42.5 Å². The quantitative estimate of drug-likeness (QED) is 0.820. The number of aliphatic hydroxyl groups excluding tert-OH is 1. The largest absolute Gasteiger partial charge is 0.495 e. The van der Waals surface area contributed by atoms with Crippen molar-refractivity contribution in [2.45, 2.75) is 11.0 Å². The maximum atomic E-state index is 12.4. The molecule has 126 valence electrons. The van der Waals surface area contributed by atoms with Crippen LogP contribution in [0, 0.1) is 11.3 Å². The third-order valence-electron chi connectivity index (χ3n) is 3.24. The number of hydrogen-bond acceptors (Lipinski definition) is 6. The fourth-order valence-electron chi connectivity index (χ4n) is 2.09. The maximum absolute atomic E-state index is 12.4. The van der Waals surface area contributed by atoms with Gasteiger partial charge in [-0.3, -0.25) is 0 Å². The summed E-state index contributed by atoms with van der Waals surface area (Å²) in [6.07, 6.45) is -1.20. The molecule has 2 aromatic carbocycles. The van der Waals surface area contributed by atoms with Gasteiger partial charge in [-0.2, -0.15) is 5.26 Å². The molecule has 0 heterocycles. The number of methoxy groups -OCH3 is 1. The molecule has 0 aliphatic heterocycles. The highest BCUT2D eigenvalue weighted by molar-refractivity contribution is 7.91. The molecule has 0 spiro atoms. The summed E-state index contributed by atoms with van der Waals surface area (Å²) in [4.78, 5) is 0.0323. The Hall–Kier alpha value is -2.56. The predicted octanol–water partition coefficient (Wildman–Crippen LogP) is 1.78. The van der Waals surface area contributed by atoms with Crippen LogP contribution in [0.2, 0.25) is 0 Å². The molecule has 0 saturated heterocycles. The van der Waals surface area contributed by atoms with E-state index in [2.05, 4.69) is 0 Å². The van der Waals surface area contributed by atoms with Gasteiger partial charge in [0.05, 0.1) is 24.5 Å². The second-order valence-electron chi connectivity index (χ2n) is 5.03. The molecule has 6 nitrogen and oxygen atoms in total. The van der Waals surface area contributed by atoms with Crippen molar-refractivity contribution in [2.75, 3.05) is 19.5 Å². The number of nitriles is 1. The number of nitrogens with zero attached hydrogens (tertiary/aromatic N) is 1. The van der Waals surface area contributed by atoms with E-state index in [-0.39, 0.29) is 17.3 Å². The lowest BCUT2D eigenvalue weighted by Gasteiger charge is -2.14. The van der Waals surface area contributed by atoms with Gasteiger partial charge in [-0.1, -0.05) is 12.1 Å². The van der Waals surface area contributed by atoms with Gasteiger partial charge in [-0.25, -0.2) is 8.42 Å². The highest BCUT2D eigenvalue weighted by Gasteiger charge is 2.23. The Morgan fingerprint density at radius 3 is 2.46 bits per heavy atom. The molecule has 24 heavy (non-hydrogen) atoms. The third kappa shape index (κ3) is 4.47. The topological polar surface area (TPSA) is 96.6 Å². The van der Waals surface area contributed by atoms with Crippen LogP contribution in [-0.2, 0) is 9.84 Å². The monoisotopic (exact) mass is 347 g/mol. The second-order valence-corrected chi connectivity index (χ2v) is 7.04. The first-order valence-electron chi connectivity index (χ1n) is 7.13. The fourth-order valence-corrected chi connectivity index (χ4v) is 3.61. The number of rotatable bonds is 7. The van der Waals surface area contributed by atoms with E-state index in [1.807, 2.05) is 6.07 Å². The van der Waals surface area contributed by atoms with Crippen LogP contribution in [0.25, 0.3) is 0 Å². The van der Waals surface area contributed by atoms with Gasteiger partial charge in [0.15, 0.2) is 9.84 Å². The maximum Gasteiger partial charge on any atom is 0.184 e. The molecule has 0 amide bonds. The number of sulfone groups is 1. The Morgan fingerprint density at radius 1 is 1.17 bits per heavy atom. The van der Waals surface area contributed by atoms with Crippen molar-refractivity contribution in [3.63, 3.8) is 0 Å². The molecule has 1 N–H and O–H groups in total. The van der Waals surface area contributed by atoms with Crippen LogP contribution in [0.4, 0.5) is 0 Å². The Balaban J connectivity index is 2.00. The second kappa shape index (κ2) is 7.81. The average molecular weight is 347 g/mol.